The molecule has 3 atom stereocenters. The molecule has 2 nitrogen and oxygen atoms in total. The Hall–Kier alpha value is -6.94. The largest absolute Gasteiger partial charge is 0.310 e. The van der Waals surface area contributed by atoms with Gasteiger partial charge >= 0.3 is 0 Å². The fourth-order valence-electron chi connectivity index (χ4n) is 12.2. The van der Waals surface area contributed by atoms with E-state index in [1.54, 1.807) is 0 Å². The third-order valence-corrected chi connectivity index (χ3v) is 15.6. The first-order valence-corrected chi connectivity index (χ1v) is 23.0. The minimum absolute atomic E-state index is 0.149. The molecule has 1 aromatic heterocycles. The molecule has 0 radical (unpaired) electrons. The summed E-state index contributed by atoms with van der Waals surface area (Å²) in [5, 5.41) is 5.18. The van der Waals surface area contributed by atoms with Gasteiger partial charge < -0.3 is 9.80 Å². The minimum Gasteiger partial charge on any atom is -0.310 e. The molecule has 0 amide bonds. The number of hydrogen-bond acceptors (Lipinski definition) is 3. The predicted octanol–water partition coefficient (Wildman–Crippen LogP) is 16.2. The van der Waals surface area contributed by atoms with E-state index in [9.17, 15) is 0 Å². The van der Waals surface area contributed by atoms with Crippen LogP contribution in [-0.4, -0.2) is 0 Å². The average molecular weight is 813 g/mol. The molecule has 1 spiro atoms. The van der Waals surface area contributed by atoms with Crippen LogP contribution in [-0.2, 0) is 18.3 Å². The van der Waals surface area contributed by atoms with Gasteiger partial charge in [-0.25, -0.2) is 0 Å². The Morgan fingerprint density at radius 1 is 0.403 bits per heavy atom. The van der Waals surface area contributed by atoms with E-state index in [1.165, 1.54) is 111 Å². The number of hydrogen-bond donors (Lipinski definition) is 0. The molecule has 0 saturated heterocycles. The Kier molecular flexibility index (Phi) is 8.11. The summed E-state index contributed by atoms with van der Waals surface area (Å²) >= 11 is 1.90. The van der Waals surface area contributed by atoms with E-state index in [1.807, 2.05) is 11.3 Å². The Morgan fingerprint density at radius 3 is 1.66 bits per heavy atom. The molecule has 0 N–H and O–H groups in total. The van der Waals surface area contributed by atoms with Crippen molar-refractivity contribution in [2.24, 2.45) is 11.8 Å². The molecular formula is C59H44N2S. The number of nitrogens with zero attached hydrogens (tertiary/aromatic N) is 2. The highest BCUT2D eigenvalue weighted by molar-refractivity contribution is 7.25. The molecule has 3 unspecified atom stereocenters. The molecule has 296 valence electrons. The predicted molar refractivity (Wildman–Crippen MR) is 262 cm³/mol. The van der Waals surface area contributed by atoms with Crippen molar-refractivity contribution in [1.82, 2.24) is 0 Å². The zero-order chi connectivity index (χ0) is 40.8. The molecule has 0 bridgehead atoms. The summed E-state index contributed by atoms with van der Waals surface area (Å²) in [6.45, 7) is 0. The van der Waals surface area contributed by atoms with Crippen LogP contribution in [0.25, 0.3) is 42.1 Å². The van der Waals surface area contributed by atoms with Gasteiger partial charge in [-0.2, -0.15) is 0 Å². The van der Waals surface area contributed by atoms with Gasteiger partial charge in [-0.15, -0.1) is 11.3 Å². The first-order valence-electron chi connectivity index (χ1n) is 22.2. The van der Waals surface area contributed by atoms with Gasteiger partial charge in [-0.05, 0) is 137 Å². The van der Waals surface area contributed by atoms with E-state index in [4.69, 9.17) is 0 Å². The lowest BCUT2D eigenvalue weighted by molar-refractivity contribution is 0.350. The molecule has 13 rings (SSSR count). The second-order valence-corrected chi connectivity index (χ2v) is 18.6. The van der Waals surface area contributed by atoms with Crippen molar-refractivity contribution >= 4 is 76.4 Å². The van der Waals surface area contributed by atoms with Gasteiger partial charge in [-0.1, -0.05) is 146 Å². The van der Waals surface area contributed by atoms with Gasteiger partial charge in [0.1, 0.15) is 0 Å². The van der Waals surface area contributed by atoms with E-state index in [2.05, 4.69) is 216 Å². The molecule has 10 aromatic rings. The van der Waals surface area contributed by atoms with Gasteiger partial charge in [-0.3, -0.25) is 0 Å². The third-order valence-electron chi connectivity index (χ3n) is 14.5. The van der Waals surface area contributed by atoms with E-state index in [-0.39, 0.29) is 5.41 Å². The van der Waals surface area contributed by atoms with Crippen LogP contribution in [0.4, 0.5) is 34.1 Å². The Labute approximate surface area is 367 Å². The summed E-state index contributed by atoms with van der Waals surface area (Å²) in [7, 11) is 0. The van der Waals surface area contributed by atoms with E-state index in [0.717, 1.165) is 12.8 Å². The van der Waals surface area contributed by atoms with Crippen LogP contribution in [0.1, 0.15) is 35.1 Å². The second kappa shape index (κ2) is 14.1. The van der Waals surface area contributed by atoms with Crippen LogP contribution in [0.15, 0.2) is 206 Å². The summed E-state index contributed by atoms with van der Waals surface area (Å²) in [5.41, 5.74) is 15.8. The zero-order valence-electron chi connectivity index (χ0n) is 34.4. The van der Waals surface area contributed by atoms with Crippen molar-refractivity contribution in [3.05, 3.63) is 229 Å². The molecule has 3 aliphatic carbocycles. The topological polar surface area (TPSA) is 6.48 Å². The quantitative estimate of drug-likeness (QED) is 0.158. The van der Waals surface area contributed by atoms with Crippen molar-refractivity contribution in [3.8, 4) is 11.1 Å². The maximum Gasteiger partial charge on any atom is 0.0546 e. The van der Waals surface area contributed by atoms with Crippen molar-refractivity contribution in [3.63, 3.8) is 0 Å². The first-order chi connectivity index (χ1) is 30.8. The lowest BCUT2D eigenvalue weighted by Gasteiger charge is -2.40. The molecule has 9 aromatic carbocycles. The summed E-state index contributed by atoms with van der Waals surface area (Å²) in [6.07, 6.45) is 4.67. The normalized spacial score (nSPS) is 18.5. The monoisotopic (exact) mass is 812 g/mol. The fourth-order valence-corrected chi connectivity index (χ4v) is 13.4. The van der Waals surface area contributed by atoms with Crippen molar-refractivity contribution in [2.75, 3.05) is 9.80 Å². The highest BCUT2D eigenvalue weighted by atomic mass is 32.1. The molecule has 1 saturated carbocycles. The van der Waals surface area contributed by atoms with Gasteiger partial charge in [0.15, 0.2) is 0 Å². The maximum absolute atomic E-state index is 2.62. The Balaban J connectivity index is 1.08. The molecule has 0 aliphatic heterocycles. The zero-order valence-corrected chi connectivity index (χ0v) is 35.2. The Bertz CT molecular complexity index is 3330. The number of anilines is 6. The van der Waals surface area contributed by atoms with Gasteiger partial charge in [0, 0.05) is 48.2 Å². The molecular weight excluding hydrogens is 769 g/mol. The Morgan fingerprint density at radius 2 is 0.968 bits per heavy atom. The lowest BCUT2D eigenvalue weighted by atomic mass is 9.68. The molecule has 1 fully saturated rings. The lowest BCUT2D eigenvalue weighted by Crippen LogP contribution is -2.34. The molecule has 3 aliphatic rings. The van der Waals surface area contributed by atoms with Crippen molar-refractivity contribution in [1.29, 1.82) is 0 Å². The number of rotatable bonds is 7. The smallest absolute Gasteiger partial charge is 0.0546 e. The SMILES string of the molecule is c1ccc(-c2c(N(c3ccccc3)c3cccc4c3C35c6c(cccc6N(c6ccccc6)c6ccc7c(c6)sc6ccccc67)CC3CCC5C4)ccc3ccccc23)cc1. The number of para-hydroxylation sites is 2. The van der Waals surface area contributed by atoms with Gasteiger partial charge in [0.2, 0.25) is 0 Å². The van der Waals surface area contributed by atoms with Gasteiger partial charge in [0.05, 0.1) is 17.1 Å². The van der Waals surface area contributed by atoms with E-state index in [0.29, 0.717) is 11.8 Å². The summed E-state index contributed by atoms with van der Waals surface area (Å²) < 4.78 is 2.66. The summed E-state index contributed by atoms with van der Waals surface area (Å²) in [6, 6.07) is 77.3. The first kappa shape index (κ1) is 35.8. The minimum atomic E-state index is -0.149. The standard InChI is InChI=1S/C59H44N2S/c1-4-17-40(18-5-1)56-48-25-11-10-16-39(48)30-35-51(56)61(46-23-8-3-9-24-46)53-28-15-20-42-37-44-32-31-43-36-41-19-14-27-52(57(41)59(43,44)58(42)53)60(45-21-6-2-7-22-45)47-33-34-50-49-26-12-13-29-54(49)62-55(50)38-47/h1-30,33-35,38,43-44H,31-32,36-37H2. The molecule has 62 heavy (non-hydrogen) atoms. The summed E-state index contributed by atoms with van der Waals surface area (Å²) in [5.74, 6) is 1.02. The average Bonchev–Trinajstić information content (AvgIpc) is 4.07. The van der Waals surface area contributed by atoms with Crippen LogP contribution in [0.3, 0.4) is 0 Å². The van der Waals surface area contributed by atoms with Crippen LogP contribution in [0, 0.1) is 11.8 Å². The van der Waals surface area contributed by atoms with Crippen LogP contribution < -0.4 is 9.80 Å². The number of fused-ring (bicyclic) bond motifs is 6. The van der Waals surface area contributed by atoms with E-state index < -0.39 is 0 Å². The van der Waals surface area contributed by atoms with Crippen molar-refractivity contribution in [2.45, 2.75) is 31.1 Å². The molecule has 1 heterocycles. The number of thiophene rings is 1. The fraction of sp³-hybridized carbons (Fsp3) is 0.119. The van der Waals surface area contributed by atoms with Crippen LogP contribution >= 0.6 is 11.3 Å². The van der Waals surface area contributed by atoms with E-state index >= 15 is 0 Å². The molecule has 3 heteroatoms. The van der Waals surface area contributed by atoms with Gasteiger partial charge in [0.25, 0.3) is 0 Å². The number of benzene rings is 9. The second-order valence-electron chi connectivity index (χ2n) is 17.5. The van der Waals surface area contributed by atoms with Crippen LogP contribution in [0.2, 0.25) is 0 Å². The summed E-state index contributed by atoms with van der Waals surface area (Å²) in [4.78, 5) is 5.20. The highest BCUT2D eigenvalue weighted by Gasteiger charge is 2.62. The van der Waals surface area contributed by atoms with Crippen LogP contribution in [0.5, 0.6) is 0 Å². The third kappa shape index (κ3) is 5.21. The highest BCUT2D eigenvalue weighted by Crippen LogP contribution is 2.69. The van der Waals surface area contributed by atoms with Crippen molar-refractivity contribution < 1.29 is 0 Å². The maximum atomic E-state index is 2.62.